The third-order valence-corrected chi connectivity index (χ3v) is 2.72. The van der Waals surface area contributed by atoms with Crippen LogP contribution in [-0.2, 0) is 0 Å². The summed E-state index contributed by atoms with van der Waals surface area (Å²) in [7, 11) is 0. The fourth-order valence-corrected chi connectivity index (χ4v) is 1.75. The van der Waals surface area contributed by atoms with Gasteiger partial charge in [-0.3, -0.25) is 6.08 Å². The van der Waals surface area contributed by atoms with Gasteiger partial charge in [0.1, 0.15) is 0 Å². The molecule has 0 atom stereocenters. The minimum absolute atomic E-state index is 0. The van der Waals surface area contributed by atoms with Crippen LogP contribution >= 0.6 is 0 Å². The topological polar surface area (TPSA) is 0 Å². The van der Waals surface area contributed by atoms with Crippen molar-refractivity contribution in [3.8, 4) is 0 Å². The van der Waals surface area contributed by atoms with Gasteiger partial charge in [0.15, 0.2) is 0 Å². The average Bonchev–Trinajstić information content (AvgIpc) is 2.21. The van der Waals surface area contributed by atoms with Crippen molar-refractivity contribution in [2.75, 3.05) is 0 Å². The van der Waals surface area contributed by atoms with Crippen molar-refractivity contribution in [1.29, 1.82) is 0 Å². The molecular weight excluding hydrogens is 191 g/mol. The number of hydrogen-bond donors (Lipinski definition) is 0. The minimum atomic E-state index is 0. The van der Waals surface area contributed by atoms with Crippen molar-refractivity contribution in [3.63, 3.8) is 0 Å². The summed E-state index contributed by atoms with van der Waals surface area (Å²) in [5, 5.41) is 0. The second-order valence-electron chi connectivity index (χ2n) is 4.21. The monoisotopic (exact) mass is 218 g/mol. The standard InChI is InChI=1S/C14H27.Na/c1-3-5-7-9-11-13-14-12-10-8-6-4-2;/h1,3H,4-14H2,2H3;/q-1;+1. The van der Waals surface area contributed by atoms with Crippen molar-refractivity contribution < 1.29 is 29.6 Å². The van der Waals surface area contributed by atoms with Crippen LogP contribution < -0.4 is 29.6 Å². The molecule has 0 aliphatic rings. The van der Waals surface area contributed by atoms with Gasteiger partial charge in [-0.25, -0.2) is 0 Å². The van der Waals surface area contributed by atoms with Crippen molar-refractivity contribution in [1.82, 2.24) is 0 Å². The fourth-order valence-electron chi connectivity index (χ4n) is 1.75. The van der Waals surface area contributed by atoms with Crippen LogP contribution in [0.25, 0.3) is 0 Å². The average molecular weight is 218 g/mol. The molecule has 0 N–H and O–H groups in total. The quantitative estimate of drug-likeness (QED) is 0.283. The van der Waals surface area contributed by atoms with Crippen LogP contribution in [0.1, 0.15) is 77.6 Å². The maximum absolute atomic E-state index is 5.31. The second-order valence-corrected chi connectivity index (χ2v) is 4.21. The Balaban J connectivity index is 0. The van der Waals surface area contributed by atoms with Crippen LogP contribution in [0, 0.1) is 6.58 Å². The number of hydrogen-bond acceptors (Lipinski definition) is 0. The van der Waals surface area contributed by atoms with Gasteiger partial charge in [0, 0.05) is 0 Å². The van der Waals surface area contributed by atoms with Gasteiger partial charge < -0.3 is 6.58 Å². The minimum Gasteiger partial charge on any atom is -0.518 e. The zero-order valence-electron chi connectivity index (χ0n) is 10.9. The Kier molecular flexibility index (Phi) is 20.7. The van der Waals surface area contributed by atoms with Gasteiger partial charge in [0.05, 0.1) is 0 Å². The summed E-state index contributed by atoms with van der Waals surface area (Å²) in [6.07, 6.45) is 16.9. The molecule has 0 amide bonds. The van der Waals surface area contributed by atoms with E-state index in [-0.39, 0.29) is 29.6 Å². The normalized spacial score (nSPS) is 9.67. The van der Waals surface area contributed by atoms with Gasteiger partial charge in [0.2, 0.25) is 0 Å². The molecule has 0 spiro atoms. The van der Waals surface area contributed by atoms with E-state index < -0.39 is 0 Å². The molecule has 0 aliphatic carbocycles. The zero-order valence-corrected chi connectivity index (χ0v) is 12.9. The van der Waals surface area contributed by atoms with E-state index in [0.29, 0.717) is 0 Å². The molecule has 0 bridgehead atoms. The summed E-state index contributed by atoms with van der Waals surface area (Å²) in [6.45, 7) is 7.58. The first-order chi connectivity index (χ1) is 6.91. The number of rotatable bonds is 11. The zero-order chi connectivity index (χ0) is 10.5. The van der Waals surface area contributed by atoms with Crippen LogP contribution in [0.3, 0.4) is 0 Å². The van der Waals surface area contributed by atoms with Crippen LogP contribution in [-0.4, -0.2) is 0 Å². The molecule has 0 radical (unpaired) electrons. The number of allylic oxidation sites excluding steroid dienone is 1. The Bertz CT molecular complexity index is 110. The second kappa shape index (κ2) is 17.1. The maximum Gasteiger partial charge on any atom is 1.00 e. The van der Waals surface area contributed by atoms with Crippen LogP contribution in [0.2, 0.25) is 0 Å². The van der Waals surface area contributed by atoms with E-state index in [1.165, 1.54) is 64.2 Å². The third-order valence-electron chi connectivity index (χ3n) is 2.72. The molecule has 0 saturated carbocycles. The van der Waals surface area contributed by atoms with E-state index in [4.69, 9.17) is 6.58 Å². The molecule has 1 heteroatoms. The van der Waals surface area contributed by atoms with Crippen LogP contribution in [0.5, 0.6) is 0 Å². The molecule has 0 nitrogen and oxygen atoms in total. The molecule has 0 fully saturated rings. The molecule has 0 aromatic rings. The van der Waals surface area contributed by atoms with Gasteiger partial charge in [-0.15, -0.1) is 0 Å². The molecule has 0 aliphatic heterocycles. The van der Waals surface area contributed by atoms with Gasteiger partial charge >= 0.3 is 29.6 Å². The molecule has 84 valence electrons. The first kappa shape index (κ1) is 18.1. The molecule has 15 heavy (non-hydrogen) atoms. The molecule has 0 rings (SSSR count). The third kappa shape index (κ3) is 17.4. The maximum atomic E-state index is 5.31. The molecule has 0 saturated heterocycles. The summed E-state index contributed by atoms with van der Waals surface area (Å²) >= 11 is 0. The SMILES string of the molecule is [CH-]=CCCCCCCCCCCCC.[Na+]. The Morgan fingerprint density at radius 1 is 0.733 bits per heavy atom. The van der Waals surface area contributed by atoms with E-state index in [9.17, 15) is 0 Å². The van der Waals surface area contributed by atoms with E-state index in [0.717, 1.165) is 6.42 Å². The Morgan fingerprint density at radius 3 is 1.53 bits per heavy atom. The predicted octanol–water partition coefficient (Wildman–Crippen LogP) is 2.29. The first-order valence-corrected chi connectivity index (χ1v) is 6.45. The summed E-state index contributed by atoms with van der Waals surface area (Å²) < 4.78 is 0. The predicted molar refractivity (Wildman–Crippen MR) is 65.3 cm³/mol. The van der Waals surface area contributed by atoms with Crippen molar-refractivity contribution in [3.05, 3.63) is 12.7 Å². The van der Waals surface area contributed by atoms with Crippen molar-refractivity contribution in [2.45, 2.75) is 77.6 Å². The van der Waals surface area contributed by atoms with Gasteiger partial charge in [-0.05, 0) is 0 Å². The molecule has 0 aromatic heterocycles. The Labute approximate surface area is 119 Å². The Morgan fingerprint density at radius 2 is 1.13 bits per heavy atom. The van der Waals surface area contributed by atoms with Gasteiger partial charge in [-0.1, -0.05) is 77.6 Å². The summed E-state index contributed by atoms with van der Waals surface area (Å²) in [4.78, 5) is 0. The van der Waals surface area contributed by atoms with E-state index in [1.54, 1.807) is 6.08 Å². The molecule has 0 aromatic carbocycles. The summed E-state index contributed by atoms with van der Waals surface area (Å²) in [5.74, 6) is 0. The number of unbranched alkanes of at least 4 members (excludes halogenated alkanes) is 10. The summed E-state index contributed by atoms with van der Waals surface area (Å²) in [5.41, 5.74) is 0. The van der Waals surface area contributed by atoms with Crippen molar-refractivity contribution in [2.24, 2.45) is 0 Å². The summed E-state index contributed by atoms with van der Waals surface area (Å²) in [6, 6.07) is 0. The molecular formula is C14H27Na. The van der Waals surface area contributed by atoms with Gasteiger partial charge in [0.25, 0.3) is 0 Å². The molecule has 0 heterocycles. The fraction of sp³-hybridized carbons (Fsp3) is 0.857. The largest absolute Gasteiger partial charge is 1.00 e. The smallest absolute Gasteiger partial charge is 0.518 e. The van der Waals surface area contributed by atoms with Crippen molar-refractivity contribution >= 4 is 0 Å². The first-order valence-electron chi connectivity index (χ1n) is 6.45. The van der Waals surface area contributed by atoms with E-state index in [1.807, 2.05) is 0 Å². The Hall–Kier alpha value is 0.740. The molecule has 0 unspecified atom stereocenters. The van der Waals surface area contributed by atoms with E-state index in [2.05, 4.69) is 6.92 Å². The van der Waals surface area contributed by atoms with Gasteiger partial charge in [-0.2, -0.15) is 0 Å². The van der Waals surface area contributed by atoms with Crippen LogP contribution in [0.15, 0.2) is 6.08 Å². The van der Waals surface area contributed by atoms with E-state index >= 15 is 0 Å². The van der Waals surface area contributed by atoms with Crippen LogP contribution in [0.4, 0.5) is 0 Å².